The van der Waals surface area contributed by atoms with Crippen molar-refractivity contribution in [3.63, 3.8) is 0 Å². The summed E-state index contributed by atoms with van der Waals surface area (Å²) in [6.07, 6.45) is 14.0. The first-order valence-electron chi connectivity index (χ1n) is 13.4. The molecule has 6 rings (SSSR count). The molecule has 4 atom stereocenters. The van der Waals surface area contributed by atoms with Crippen LogP contribution in [0.15, 0.2) is 16.1 Å². The zero-order chi connectivity index (χ0) is 24.4. The highest BCUT2D eigenvalue weighted by Crippen LogP contribution is 2.57. The Hall–Kier alpha value is -1.87. The quantitative estimate of drug-likeness (QED) is 0.510. The summed E-state index contributed by atoms with van der Waals surface area (Å²) in [6.45, 7) is 3.51. The van der Waals surface area contributed by atoms with E-state index in [9.17, 15) is 14.7 Å². The molecule has 3 unspecified atom stereocenters. The first-order chi connectivity index (χ1) is 16.8. The van der Waals surface area contributed by atoms with Gasteiger partial charge >= 0.3 is 0 Å². The molecule has 2 saturated carbocycles. The van der Waals surface area contributed by atoms with Gasteiger partial charge in [0, 0.05) is 30.6 Å². The average molecular weight is 500 g/mol. The van der Waals surface area contributed by atoms with Crippen molar-refractivity contribution >= 4 is 28.7 Å². The summed E-state index contributed by atoms with van der Waals surface area (Å²) in [7, 11) is 0. The van der Waals surface area contributed by atoms with Gasteiger partial charge in [-0.1, -0.05) is 50.8 Å². The van der Waals surface area contributed by atoms with Gasteiger partial charge < -0.3 is 10.0 Å². The van der Waals surface area contributed by atoms with E-state index >= 15 is 0 Å². The summed E-state index contributed by atoms with van der Waals surface area (Å²) in [6, 6.07) is 0.0912. The molecule has 1 spiro atoms. The normalized spacial score (nSPS) is 31.7. The molecule has 2 aliphatic heterocycles. The molecule has 1 N–H and O–H groups in total. The minimum atomic E-state index is -1.01. The fourth-order valence-corrected chi connectivity index (χ4v) is 8.05. The molecule has 4 aliphatic rings. The zero-order valence-corrected chi connectivity index (χ0v) is 21.7. The van der Waals surface area contributed by atoms with Gasteiger partial charge in [-0.2, -0.15) is 0 Å². The van der Waals surface area contributed by atoms with Gasteiger partial charge in [0.05, 0.1) is 18.2 Å². The molecule has 2 aliphatic carbocycles. The van der Waals surface area contributed by atoms with Gasteiger partial charge in [-0.3, -0.25) is 14.3 Å². The molecule has 8 nitrogen and oxygen atoms in total. The summed E-state index contributed by atoms with van der Waals surface area (Å²) in [4.78, 5) is 37.9. The molecule has 4 heterocycles. The van der Waals surface area contributed by atoms with Gasteiger partial charge in [-0.05, 0) is 44.3 Å². The van der Waals surface area contributed by atoms with E-state index in [1.807, 2.05) is 15.8 Å². The van der Waals surface area contributed by atoms with Crippen LogP contribution in [0.2, 0.25) is 0 Å². The summed E-state index contributed by atoms with van der Waals surface area (Å²) >= 11 is 1.46. The lowest BCUT2D eigenvalue weighted by atomic mass is 9.65. The molecule has 2 aromatic rings. The number of hydrogen-bond acceptors (Lipinski definition) is 6. The van der Waals surface area contributed by atoms with Gasteiger partial charge in [0.1, 0.15) is 5.39 Å². The molecule has 0 aromatic carbocycles. The maximum Gasteiger partial charge on any atom is 0.277 e. The van der Waals surface area contributed by atoms with Gasteiger partial charge in [0.2, 0.25) is 5.91 Å². The number of carbonyl (C=O) groups excluding carboxylic acids is 1. The topological polar surface area (TPSA) is 93.3 Å². The number of aliphatic hydroxyl groups is 1. The first-order valence-corrected chi connectivity index (χ1v) is 14.6. The highest BCUT2D eigenvalue weighted by atomic mass is 32.2. The standard InChI is InChI=1S/C26H37N5O3S/c1-17(12-18-6-4-3-5-7-18)22(32)29-11-10-26(34)16-30-23(33)20-14-27-24(35-2)28-21(20)31(30)19-8-9-25(26,13-19)15-29/h14,17-19,34H,3-13,15-16H2,1-2H3/t17-,19?,25?,26?/m1/s1. The summed E-state index contributed by atoms with van der Waals surface area (Å²) in [5.41, 5.74) is -0.833. The Labute approximate surface area is 210 Å². The minimum absolute atomic E-state index is 0.0330. The molecule has 2 bridgehead atoms. The van der Waals surface area contributed by atoms with E-state index in [2.05, 4.69) is 11.9 Å². The second kappa shape index (κ2) is 8.61. The third-order valence-corrected chi connectivity index (χ3v) is 10.2. The molecular weight excluding hydrogens is 462 g/mol. The van der Waals surface area contributed by atoms with Crippen molar-refractivity contribution in [2.24, 2.45) is 17.3 Å². The monoisotopic (exact) mass is 499 g/mol. The molecule has 9 heteroatoms. The largest absolute Gasteiger partial charge is 0.387 e. The Bertz CT molecular complexity index is 1200. The Morgan fingerprint density at radius 1 is 1.23 bits per heavy atom. The third kappa shape index (κ3) is 3.67. The van der Waals surface area contributed by atoms with Crippen LogP contribution in [0, 0.1) is 17.3 Å². The van der Waals surface area contributed by atoms with Crippen LogP contribution in [0.1, 0.15) is 77.2 Å². The van der Waals surface area contributed by atoms with E-state index in [1.54, 1.807) is 10.9 Å². The van der Waals surface area contributed by atoms with Crippen LogP contribution in [0.3, 0.4) is 0 Å². The SMILES string of the molecule is CSc1ncc2c(=O)n3n(c2n1)C1CCC2(C1)CN(C(=O)[C@H](C)CC1CCCCC1)CCC2(O)C3. The van der Waals surface area contributed by atoms with Crippen molar-refractivity contribution in [1.82, 2.24) is 24.2 Å². The van der Waals surface area contributed by atoms with Gasteiger partial charge in [0.25, 0.3) is 5.56 Å². The number of thioether (sulfide) groups is 1. The molecule has 1 amide bonds. The number of rotatable bonds is 4. The fourth-order valence-electron chi connectivity index (χ4n) is 7.72. The van der Waals surface area contributed by atoms with E-state index in [1.165, 1.54) is 43.9 Å². The van der Waals surface area contributed by atoms with E-state index in [-0.39, 0.29) is 35.4 Å². The van der Waals surface area contributed by atoms with Crippen LogP contribution in [-0.4, -0.2) is 60.2 Å². The van der Waals surface area contributed by atoms with Crippen LogP contribution in [-0.2, 0) is 11.3 Å². The van der Waals surface area contributed by atoms with Gasteiger partial charge in [-0.25, -0.2) is 14.6 Å². The number of aromatic nitrogens is 4. The van der Waals surface area contributed by atoms with Crippen LogP contribution in [0.25, 0.3) is 11.0 Å². The number of hydrogen-bond donors (Lipinski definition) is 1. The van der Waals surface area contributed by atoms with Gasteiger partial charge in [-0.15, -0.1) is 0 Å². The Kier molecular flexibility index (Phi) is 5.79. The summed E-state index contributed by atoms with van der Waals surface area (Å²) in [5, 5.41) is 13.3. The molecule has 3 fully saturated rings. The van der Waals surface area contributed by atoms with Crippen molar-refractivity contribution in [2.45, 2.75) is 94.5 Å². The third-order valence-electron chi connectivity index (χ3n) is 9.63. The van der Waals surface area contributed by atoms with Crippen molar-refractivity contribution in [3.8, 4) is 0 Å². The van der Waals surface area contributed by atoms with E-state index in [0.717, 1.165) is 25.7 Å². The molecule has 1 saturated heterocycles. The summed E-state index contributed by atoms with van der Waals surface area (Å²) < 4.78 is 3.76. The number of likely N-dealkylation sites (tertiary alicyclic amines) is 1. The summed E-state index contributed by atoms with van der Waals surface area (Å²) in [5.74, 6) is 0.959. The zero-order valence-electron chi connectivity index (χ0n) is 20.9. The first kappa shape index (κ1) is 23.5. The van der Waals surface area contributed by atoms with Crippen LogP contribution in [0.4, 0.5) is 0 Å². The highest BCUT2D eigenvalue weighted by Gasteiger charge is 2.60. The van der Waals surface area contributed by atoms with Crippen LogP contribution in [0.5, 0.6) is 0 Å². The number of nitrogens with zero attached hydrogens (tertiary/aromatic N) is 5. The Morgan fingerprint density at radius 3 is 2.80 bits per heavy atom. The number of amides is 1. The van der Waals surface area contributed by atoms with E-state index in [0.29, 0.717) is 41.6 Å². The molecule has 35 heavy (non-hydrogen) atoms. The smallest absolute Gasteiger partial charge is 0.277 e. The second-order valence-corrected chi connectivity index (χ2v) is 12.4. The average Bonchev–Trinajstić information content (AvgIpc) is 3.36. The lowest BCUT2D eigenvalue weighted by Crippen LogP contribution is -2.62. The minimum Gasteiger partial charge on any atom is -0.387 e. The highest BCUT2D eigenvalue weighted by molar-refractivity contribution is 7.98. The van der Waals surface area contributed by atoms with E-state index in [4.69, 9.17) is 4.98 Å². The Morgan fingerprint density at radius 2 is 2.03 bits per heavy atom. The molecule has 2 aromatic heterocycles. The van der Waals surface area contributed by atoms with Gasteiger partial charge in [0.15, 0.2) is 10.8 Å². The fraction of sp³-hybridized carbons (Fsp3) is 0.769. The molecular formula is C26H37N5O3S. The predicted octanol–water partition coefficient (Wildman–Crippen LogP) is 3.61. The lowest BCUT2D eigenvalue weighted by molar-refractivity contribution is -0.162. The van der Waals surface area contributed by atoms with Crippen molar-refractivity contribution in [3.05, 3.63) is 16.6 Å². The van der Waals surface area contributed by atoms with Crippen molar-refractivity contribution in [1.29, 1.82) is 0 Å². The van der Waals surface area contributed by atoms with Crippen molar-refractivity contribution in [2.75, 3.05) is 19.3 Å². The van der Waals surface area contributed by atoms with Crippen LogP contribution < -0.4 is 5.56 Å². The molecule has 0 radical (unpaired) electrons. The maximum absolute atomic E-state index is 13.5. The van der Waals surface area contributed by atoms with Crippen LogP contribution >= 0.6 is 11.8 Å². The van der Waals surface area contributed by atoms with E-state index < -0.39 is 5.60 Å². The lowest BCUT2D eigenvalue weighted by Gasteiger charge is -2.52. The number of fused-ring (bicyclic) bond motifs is 5. The second-order valence-electron chi connectivity index (χ2n) is 11.7. The number of carbonyl (C=O) groups is 1. The number of piperidine rings is 1. The maximum atomic E-state index is 13.5. The predicted molar refractivity (Wildman–Crippen MR) is 135 cm³/mol. The van der Waals surface area contributed by atoms with Crippen molar-refractivity contribution < 1.29 is 9.90 Å². The Balaban J connectivity index is 1.28. The molecule has 190 valence electrons.